The van der Waals surface area contributed by atoms with Gasteiger partial charge in [0.05, 0.1) is 7.11 Å². The number of benzene rings is 1. The van der Waals surface area contributed by atoms with Crippen molar-refractivity contribution >= 4 is 11.6 Å². The van der Waals surface area contributed by atoms with Gasteiger partial charge >= 0.3 is 0 Å². The van der Waals surface area contributed by atoms with Gasteiger partial charge in [-0.25, -0.2) is 0 Å². The highest BCUT2D eigenvalue weighted by Gasteiger charge is 2.21. The van der Waals surface area contributed by atoms with E-state index in [1.807, 2.05) is 12.1 Å². The van der Waals surface area contributed by atoms with Crippen LogP contribution in [0.4, 0.5) is 0 Å². The van der Waals surface area contributed by atoms with Crippen LogP contribution in [-0.2, 0) is 6.42 Å². The lowest BCUT2D eigenvalue weighted by atomic mass is 9.99. The van der Waals surface area contributed by atoms with Crippen molar-refractivity contribution in [3.05, 3.63) is 28.3 Å². The Bertz CT molecular complexity index is 372. The number of aryl methyl sites for hydroxylation is 1. The van der Waals surface area contributed by atoms with Gasteiger partial charge in [0.1, 0.15) is 5.75 Å². The second-order valence-corrected chi connectivity index (χ2v) is 4.63. The van der Waals surface area contributed by atoms with E-state index in [-0.39, 0.29) is 0 Å². The summed E-state index contributed by atoms with van der Waals surface area (Å²) in [6.45, 7) is 3.21. The second-order valence-electron chi connectivity index (χ2n) is 4.19. The van der Waals surface area contributed by atoms with Crippen molar-refractivity contribution in [3.63, 3.8) is 0 Å². The highest BCUT2D eigenvalue weighted by atomic mass is 35.5. The van der Waals surface area contributed by atoms with E-state index in [1.165, 1.54) is 24.0 Å². The number of halogens is 1. The van der Waals surface area contributed by atoms with E-state index in [9.17, 15) is 0 Å². The van der Waals surface area contributed by atoms with Gasteiger partial charge in [-0.2, -0.15) is 0 Å². The molecule has 1 aliphatic rings. The molecule has 1 unspecified atom stereocenters. The molecule has 1 heterocycles. The minimum Gasteiger partial charge on any atom is -0.496 e. The van der Waals surface area contributed by atoms with Crippen LogP contribution in [0.5, 0.6) is 5.75 Å². The maximum absolute atomic E-state index is 6.15. The van der Waals surface area contributed by atoms with E-state index in [0.717, 1.165) is 23.7 Å². The Hall–Kier alpha value is -0.730. The van der Waals surface area contributed by atoms with Gasteiger partial charge in [0.15, 0.2) is 0 Å². The lowest BCUT2D eigenvalue weighted by molar-refractivity contribution is 0.398. The average Bonchev–Trinajstić information content (AvgIpc) is 2.81. The zero-order chi connectivity index (χ0) is 11.5. The third kappa shape index (κ3) is 2.18. The van der Waals surface area contributed by atoms with Crippen LogP contribution < -0.4 is 10.1 Å². The van der Waals surface area contributed by atoms with Gasteiger partial charge in [0, 0.05) is 16.6 Å². The summed E-state index contributed by atoms with van der Waals surface area (Å²) in [5.74, 6) is 1.01. The summed E-state index contributed by atoms with van der Waals surface area (Å²) in [5, 5.41) is 4.29. The van der Waals surface area contributed by atoms with Crippen molar-refractivity contribution in [3.8, 4) is 5.75 Å². The first-order valence-corrected chi connectivity index (χ1v) is 6.23. The Balaban J connectivity index is 2.44. The minimum atomic E-state index is 0.402. The van der Waals surface area contributed by atoms with Crippen LogP contribution in [0.15, 0.2) is 12.1 Å². The third-order valence-corrected chi connectivity index (χ3v) is 3.40. The normalized spacial score (nSPS) is 20.1. The highest BCUT2D eigenvalue weighted by molar-refractivity contribution is 6.30. The summed E-state index contributed by atoms with van der Waals surface area (Å²) in [6.07, 6.45) is 3.34. The first kappa shape index (κ1) is 11.7. The van der Waals surface area contributed by atoms with Crippen LogP contribution in [0.2, 0.25) is 5.02 Å². The molecule has 0 aromatic heterocycles. The van der Waals surface area contributed by atoms with E-state index in [1.54, 1.807) is 7.11 Å². The maximum atomic E-state index is 6.15. The van der Waals surface area contributed by atoms with Gasteiger partial charge in [-0.05, 0) is 43.5 Å². The molecule has 0 aliphatic carbocycles. The Labute approximate surface area is 102 Å². The third-order valence-electron chi connectivity index (χ3n) is 3.18. The standard InChI is InChI=1S/C13H18ClNO/c1-3-9-7-10(14)8-11(13(9)16-2)12-5-4-6-15-12/h7-8,12,15H,3-6H2,1-2H3. The fraction of sp³-hybridized carbons (Fsp3) is 0.538. The lowest BCUT2D eigenvalue weighted by Crippen LogP contribution is -2.14. The second kappa shape index (κ2) is 5.07. The van der Waals surface area contributed by atoms with Crippen molar-refractivity contribution < 1.29 is 4.74 Å². The molecule has 0 spiro atoms. The smallest absolute Gasteiger partial charge is 0.126 e. The molecule has 16 heavy (non-hydrogen) atoms. The molecule has 1 atom stereocenters. The molecule has 1 N–H and O–H groups in total. The average molecular weight is 240 g/mol. The molecule has 0 radical (unpaired) electrons. The fourth-order valence-electron chi connectivity index (χ4n) is 2.39. The molecule has 1 saturated heterocycles. The summed E-state index contributed by atoms with van der Waals surface area (Å²) >= 11 is 6.15. The molecule has 88 valence electrons. The van der Waals surface area contributed by atoms with Crippen molar-refractivity contribution in [1.82, 2.24) is 5.32 Å². The van der Waals surface area contributed by atoms with E-state index < -0.39 is 0 Å². The summed E-state index contributed by atoms with van der Waals surface area (Å²) in [6, 6.07) is 4.43. The van der Waals surface area contributed by atoms with Gasteiger partial charge in [0.2, 0.25) is 0 Å². The molecule has 1 aromatic rings. The molecule has 0 bridgehead atoms. The van der Waals surface area contributed by atoms with E-state index in [4.69, 9.17) is 16.3 Å². The number of rotatable bonds is 3. The summed E-state index contributed by atoms with van der Waals surface area (Å²) in [4.78, 5) is 0. The quantitative estimate of drug-likeness (QED) is 0.874. The Morgan fingerprint density at radius 3 is 2.88 bits per heavy atom. The topological polar surface area (TPSA) is 21.3 Å². The fourth-order valence-corrected chi connectivity index (χ4v) is 2.64. The Morgan fingerprint density at radius 2 is 2.31 bits per heavy atom. The van der Waals surface area contributed by atoms with Crippen LogP contribution in [0, 0.1) is 0 Å². The predicted octanol–water partition coefficient (Wildman–Crippen LogP) is 3.34. The van der Waals surface area contributed by atoms with Crippen LogP contribution in [0.3, 0.4) is 0 Å². The number of hydrogen-bond acceptors (Lipinski definition) is 2. The van der Waals surface area contributed by atoms with E-state index in [2.05, 4.69) is 12.2 Å². The molecule has 2 nitrogen and oxygen atoms in total. The van der Waals surface area contributed by atoms with Crippen LogP contribution in [0.25, 0.3) is 0 Å². The van der Waals surface area contributed by atoms with Crippen LogP contribution in [0.1, 0.15) is 36.9 Å². The minimum absolute atomic E-state index is 0.402. The molecule has 3 heteroatoms. The monoisotopic (exact) mass is 239 g/mol. The van der Waals surface area contributed by atoms with Crippen molar-refractivity contribution in [2.24, 2.45) is 0 Å². The van der Waals surface area contributed by atoms with Gasteiger partial charge in [-0.3, -0.25) is 0 Å². The molecule has 0 saturated carbocycles. The van der Waals surface area contributed by atoms with Gasteiger partial charge < -0.3 is 10.1 Å². The summed E-state index contributed by atoms with van der Waals surface area (Å²) < 4.78 is 5.54. The maximum Gasteiger partial charge on any atom is 0.126 e. The van der Waals surface area contributed by atoms with Crippen LogP contribution >= 0.6 is 11.6 Å². The van der Waals surface area contributed by atoms with Crippen molar-refractivity contribution in [2.45, 2.75) is 32.2 Å². The molecular weight excluding hydrogens is 222 g/mol. The summed E-state index contributed by atoms with van der Waals surface area (Å²) in [7, 11) is 1.74. The first-order chi connectivity index (χ1) is 7.76. The SMILES string of the molecule is CCc1cc(Cl)cc(C2CCCN2)c1OC. The highest BCUT2D eigenvalue weighted by Crippen LogP contribution is 2.36. The first-order valence-electron chi connectivity index (χ1n) is 5.86. The van der Waals surface area contributed by atoms with E-state index in [0.29, 0.717) is 6.04 Å². The molecule has 2 rings (SSSR count). The number of methoxy groups -OCH3 is 1. The lowest BCUT2D eigenvalue weighted by Gasteiger charge is -2.18. The molecule has 1 aliphatic heterocycles. The number of ether oxygens (including phenoxy) is 1. The molecule has 1 aromatic carbocycles. The number of hydrogen-bond donors (Lipinski definition) is 1. The Morgan fingerprint density at radius 1 is 1.50 bits per heavy atom. The van der Waals surface area contributed by atoms with E-state index >= 15 is 0 Å². The zero-order valence-corrected chi connectivity index (χ0v) is 10.6. The van der Waals surface area contributed by atoms with Gasteiger partial charge in [0.25, 0.3) is 0 Å². The Kier molecular flexibility index (Phi) is 3.72. The number of nitrogens with one attached hydrogen (secondary N) is 1. The van der Waals surface area contributed by atoms with Crippen LogP contribution in [-0.4, -0.2) is 13.7 Å². The molecule has 1 fully saturated rings. The van der Waals surface area contributed by atoms with Gasteiger partial charge in [-0.15, -0.1) is 0 Å². The summed E-state index contributed by atoms with van der Waals surface area (Å²) in [5.41, 5.74) is 2.41. The van der Waals surface area contributed by atoms with Gasteiger partial charge in [-0.1, -0.05) is 18.5 Å². The van der Waals surface area contributed by atoms with Crippen molar-refractivity contribution in [1.29, 1.82) is 0 Å². The van der Waals surface area contributed by atoms with Crippen molar-refractivity contribution in [2.75, 3.05) is 13.7 Å². The molecular formula is C13H18ClNO. The predicted molar refractivity (Wildman–Crippen MR) is 67.4 cm³/mol. The molecule has 0 amide bonds. The largest absolute Gasteiger partial charge is 0.496 e. The zero-order valence-electron chi connectivity index (χ0n) is 9.85.